The van der Waals surface area contributed by atoms with E-state index < -0.39 is 0 Å². The van der Waals surface area contributed by atoms with E-state index in [-0.39, 0.29) is 5.91 Å². The summed E-state index contributed by atoms with van der Waals surface area (Å²) < 4.78 is 0.318. The summed E-state index contributed by atoms with van der Waals surface area (Å²) in [5, 5.41) is 6.34. The van der Waals surface area contributed by atoms with Crippen LogP contribution in [0.5, 0.6) is 0 Å². The van der Waals surface area contributed by atoms with Crippen molar-refractivity contribution in [2.24, 2.45) is 0 Å². The molecule has 3 nitrogen and oxygen atoms in total. The van der Waals surface area contributed by atoms with Crippen molar-refractivity contribution in [3.8, 4) is 0 Å². The van der Waals surface area contributed by atoms with E-state index in [9.17, 15) is 4.79 Å². The molecule has 1 saturated carbocycles. The van der Waals surface area contributed by atoms with Gasteiger partial charge in [0.15, 0.2) is 0 Å². The lowest BCUT2D eigenvalue weighted by Crippen LogP contribution is -2.31. The molecule has 1 fully saturated rings. The lowest BCUT2D eigenvalue weighted by molar-refractivity contribution is 0.0953. The Morgan fingerprint density at radius 3 is 2.53 bits per heavy atom. The minimum atomic E-state index is 0.0300. The third kappa shape index (κ3) is 3.90. The van der Waals surface area contributed by atoms with Crippen molar-refractivity contribution >= 4 is 23.4 Å². The molecule has 1 aliphatic rings. The second-order valence-corrected chi connectivity index (χ2v) is 6.35. The van der Waals surface area contributed by atoms with Gasteiger partial charge in [-0.25, -0.2) is 0 Å². The zero-order chi connectivity index (χ0) is 13.7. The molecule has 0 aliphatic heterocycles. The molecule has 0 aromatic heterocycles. The predicted octanol–water partition coefficient (Wildman–Crippen LogP) is 3.13. The average molecular weight is 278 g/mol. The summed E-state index contributed by atoms with van der Waals surface area (Å²) in [7, 11) is 0. The predicted molar refractivity (Wildman–Crippen MR) is 83.0 cm³/mol. The summed E-state index contributed by atoms with van der Waals surface area (Å²) in [6, 6.07) is 7.69. The summed E-state index contributed by atoms with van der Waals surface area (Å²) in [5.74, 6) is 0.0300. The number of rotatable bonds is 7. The Kier molecular flexibility index (Phi) is 4.75. The Balaban J connectivity index is 1.85. The highest BCUT2D eigenvalue weighted by Gasteiger charge is 2.41. The van der Waals surface area contributed by atoms with Crippen molar-refractivity contribution in [2.75, 3.05) is 24.7 Å². The van der Waals surface area contributed by atoms with Gasteiger partial charge in [-0.05, 0) is 49.8 Å². The van der Waals surface area contributed by atoms with Crippen LogP contribution in [0, 0.1) is 0 Å². The van der Waals surface area contributed by atoms with Crippen LogP contribution < -0.4 is 10.6 Å². The van der Waals surface area contributed by atoms with E-state index in [0.29, 0.717) is 4.75 Å². The van der Waals surface area contributed by atoms with E-state index in [2.05, 4.69) is 23.8 Å². The number of benzene rings is 1. The van der Waals surface area contributed by atoms with Crippen molar-refractivity contribution < 1.29 is 4.79 Å². The molecular weight excluding hydrogens is 256 g/mol. The zero-order valence-electron chi connectivity index (χ0n) is 11.7. The minimum absolute atomic E-state index is 0.0300. The van der Waals surface area contributed by atoms with E-state index in [1.165, 1.54) is 12.8 Å². The lowest BCUT2D eigenvalue weighted by Gasteiger charge is -2.13. The van der Waals surface area contributed by atoms with E-state index >= 15 is 0 Å². The summed E-state index contributed by atoms with van der Waals surface area (Å²) >= 11 is 1.86. The molecule has 104 valence electrons. The number of hydrogen-bond donors (Lipinski definition) is 2. The number of carbonyl (C=O) groups excluding carboxylic acids is 1. The van der Waals surface area contributed by atoms with Gasteiger partial charge in [-0.15, -0.1) is 0 Å². The second kappa shape index (κ2) is 6.33. The van der Waals surface area contributed by atoms with Gasteiger partial charge in [-0.3, -0.25) is 4.79 Å². The molecule has 0 heterocycles. The van der Waals surface area contributed by atoms with Crippen molar-refractivity contribution in [1.82, 2.24) is 5.32 Å². The van der Waals surface area contributed by atoms with Gasteiger partial charge in [0.2, 0.25) is 0 Å². The standard InChI is InChI=1S/C15H22N2OS/c1-3-10-16-13-6-4-12(5-7-13)14(18)17-11-15(19-2)8-9-15/h4-7,16H,3,8-11H2,1-2H3,(H,17,18). The first-order chi connectivity index (χ1) is 9.19. The van der Waals surface area contributed by atoms with Gasteiger partial charge in [-0.2, -0.15) is 11.8 Å². The van der Waals surface area contributed by atoms with Crippen LogP contribution in [-0.4, -0.2) is 30.0 Å². The fourth-order valence-corrected chi connectivity index (χ4v) is 2.67. The van der Waals surface area contributed by atoms with Crippen molar-refractivity contribution in [2.45, 2.75) is 30.9 Å². The second-order valence-electron chi connectivity index (χ2n) is 5.07. The lowest BCUT2D eigenvalue weighted by atomic mass is 10.2. The highest BCUT2D eigenvalue weighted by molar-refractivity contribution is 8.00. The maximum atomic E-state index is 12.0. The molecule has 0 atom stereocenters. The van der Waals surface area contributed by atoms with Crippen LogP contribution in [0.3, 0.4) is 0 Å². The molecule has 1 aliphatic carbocycles. The van der Waals surface area contributed by atoms with Gasteiger partial charge in [0, 0.05) is 29.1 Å². The van der Waals surface area contributed by atoms with Crippen molar-refractivity contribution in [3.05, 3.63) is 29.8 Å². The largest absolute Gasteiger partial charge is 0.385 e. The van der Waals surface area contributed by atoms with Crippen LogP contribution >= 0.6 is 11.8 Å². The van der Waals surface area contributed by atoms with Gasteiger partial charge in [-0.1, -0.05) is 6.92 Å². The summed E-state index contributed by atoms with van der Waals surface area (Å²) in [4.78, 5) is 12.0. The topological polar surface area (TPSA) is 41.1 Å². The van der Waals surface area contributed by atoms with Crippen molar-refractivity contribution in [1.29, 1.82) is 0 Å². The van der Waals surface area contributed by atoms with Gasteiger partial charge in [0.1, 0.15) is 0 Å². The summed E-state index contributed by atoms with van der Waals surface area (Å²) in [6.07, 6.45) is 5.65. The molecule has 0 saturated heterocycles. The Bertz CT molecular complexity index is 426. The molecule has 0 bridgehead atoms. The Morgan fingerprint density at radius 1 is 1.32 bits per heavy atom. The van der Waals surface area contributed by atoms with Gasteiger partial charge in [0.05, 0.1) is 0 Å². The van der Waals surface area contributed by atoms with Crippen LogP contribution in [-0.2, 0) is 0 Å². The first-order valence-corrected chi connectivity index (χ1v) is 8.09. The highest BCUT2D eigenvalue weighted by atomic mass is 32.2. The van der Waals surface area contributed by atoms with Gasteiger partial charge < -0.3 is 10.6 Å². The maximum absolute atomic E-state index is 12.0. The number of carbonyl (C=O) groups is 1. The average Bonchev–Trinajstić information content (AvgIpc) is 3.24. The van der Waals surface area contributed by atoms with Crippen molar-refractivity contribution in [3.63, 3.8) is 0 Å². The monoisotopic (exact) mass is 278 g/mol. The van der Waals surface area contributed by atoms with E-state index in [4.69, 9.17) is 0 Å². The Morgan fingerprint density at radius 2 is 2.00 bits per heavy atom. The third-order valence-corrected chi connectivity index (χ3v) is 4.96. The summed E-state index contributed by atoms with van der Waals surface area (Å²) in [5.41, 5.74) is 1.81. The molecule has 1 aromatic carbocycles. The molecular formula is C15H22N2OS. The first kappa shape index (κ1) is 14.3. The smallest absolute Gasteiger partial charge is 0.251 e. The quantitative estimate of drug-likeness (QED) is 0.805. The normalized spacial score (nSPS) is 15.9. The maximum Gasteiger partial charge on any atom is 0.251 e. The van der Waals surface area contributed by atoms with E-state index in [1.54, 1.807) is 0 Å². The third-order valence-electron chi connectivity index (χ3n) is 3.54. The van der Waals surface area contributed by atoms with Crippen LogP contribution in [0.1, 0.15) is 36.5 Å². The number of anilines is 1. The Labute approximate surface area is 119 Å². The molecule has 0 unspecified atom stereocenters. The van der Waals surface area contributed by atoms with Crippen LogP contribution in [0.25, 0.3) is 0 Å². The summed E-state index contributed by atoms with van der Waals surface area (Å²) in [6.45, 7) is 3.87. The number of thioether (sulfide) groups is 1. The van der Waals surface area contributed by atoms with Crippen LogP contribution in [0.15, 0.2) is 24.3 Å². The zero-order valence-corrected chi connectivity index (χ0v) is 12.5. The molecule has 0 spiro atoms. The number of hydrogen-bond acceptors (Lipinski definition) is 3. The van der Waals surface area contributed by atoms with E-state index in [0.717, 1.165) is 30.8 Å². The number of nitrogens with one attached hydrogen (secondary N) is 2. The molecule has 2 N–H and O–H groups in total. The number of amides is 1. The molecule has 0 radical (unpaired) electrons. The SMILES string of the molecule is CCCNc1ccc(C(=O)NCC2(SC)CC2)cc1. The molecule has 1 amide bonds. The molecule has 1 aromatic rings. The fourth-order valence-electron chi connectivity index (χ4n) is 1.94. The van der Waals surface area contributed by atoms with Crippen LogP contribution in [0.2, 0.25) is 0 Å². The molecule has 19 heavy (non-hydrogen) atoms. The van der Waals surface area contributed by atoms with Gasteiger partial charge in [0.25, 0.3) is 5.91 Å². The molecule has 2 rings (SSSR count). The first-order valence-electron chi connectivity index (χ1n) is 6.86. The van der Waals surface area contributed by atoms with Gasteiger partial charge >= 0.3 is 0 Å². The minimum Gasteiger partial charge on any atom is -0.385 e. The fraction of sp³-hybridized carbons (Fsp3) is 0.533. The van der Waals surface area contributed by atoms with E-state index in [1.807, 2.05) is 36.0 Å². The Hall–Kier alpha value is -1.16. The van der Waals surface area contributed by atoms with Crippen LogP contribution in [0.4, 0.5) is 5.69 Å². The molecule has 4 heteroatoms. The highest BCUT2D eigenvalue weighted by Crippen LogP contribution is 2.46.